The Kier molecular flexibility index (Phi) is 4.11. The predicted molar refractivity (Wildman–Crippen MR) is 93.1 cm³/mol. The van der Waals surface area contributed by atoms with Crippen LogP contribution in [0.5, 0.6) is 0 Å². The summed E-state index contributed by atoms with van der Waals surface area (Å²) < 4.78 is 13.7. The van der Waals surface area contributed by atoms with Crippen molar-refractivity contribution >= 4 is 11.6 Å². The minimum absolute atomic E-state index is 0.162. The fourth-order valence-corrected chi connectivity index (χ4v) is 5.77. The molecule has 4 aliphatic carbocycles. The van der Waals surface area contributed by atoms with E-state index in [1.54, 1.807) is 18.2 Å². The molecule has 0 unspecified atom stereocenters. The van der Waals surface area contributed by atoms with Gasteiger partial charge in [-0.3, -0.25) is 4.79 Å². The van der Waals surface area contributed by atoms with E-state index in [1.807, 2.05) is 6.92 Å². The monoisotopic (exact) mass is 330 g/mol. The Hall–Kier alpha value is -1.42. The molecule has 0 aromatic heterocycles. The molecule has 1 aromatic rings. The first-order valence-corrected chi connectivity index (χ1v) is 9.32. The summed E-state index contributed by atoms with van der Waals surface area (Å²) in [6.45, 7) is 2.79. The molecule has 130 valence electrons. The number of hydrogen-bond acceptors (Lipinski definition) is 2. The summed E-state index contributed by atoms with van der Waals surface area (Å²) in [4.78, 5) is 12.3. The summed E-state index contributed by atoms with van der Waals surface area (Å²) in [5.74, 6) is 2.20. The lowest BCUT2D eigenvalue weighted by Gasteiger charge is -2.57. The number of carbonyl (C=O) groups excluding carboxylic acids is 1. The number of nitrogens with one attached hydrogen (secondary N) is 2. The molecule has 0 aliphatic heterocycles. The van der Waals surface area contributed by atoms with Gasteiger partial charge in [0, 0.05) is 6.54 Å². The van der Waals surface area contributed by atoms with Crippen LogP contribution in [0.15, 0.2) is 24.3 Å². The molecule has 4 aliphatic rings. The quantitative estimate of drug-likeness (QED) is 0.858. The minimum atomic E-state index is -0.390. The third-order valence-electron chi connectivity index (χ3n) is 6.47. The van der Waals surface area contributed by atoms with Crippen LogP contribution in [0.1, 0.15) is 45.4 Å². The number of anilines is 1. The first kappa shape index (κ1) is 16.1. The van der Waals surface area contributed by atoms with Crippen LogP contribution in [0.25, 0.3) is 0 Å². The number of rotatable bonds is 5. The zero-order chi connectivity index (χ0) is 16.7. The maximum absolute atomic E-state index is 13.7. The van der Waals surface area contributed by atoms with Gasteiger partial charge in [-0.25, -0.2) is 4.39 Å². The molecule has 0 heterocycles. The largest absolute Gasteiger partial charge is 0.322 e. The van der Waals surface area contributed by atoms with Gasteiger partial charge in [-0.15, -0.1) is 0 Å². The van der Waals surface area contributed by atoms with Crippen molar-refractivity contribution in [2.45, 2.75) is 51.5 Å². The average molecular weight is 330 g/mol. The molecule has 4 saturated carbocycles. The molecule has 1 atom stereocenters. The average Bonchev–Trinajstić information content (AvgIpc) is 2.53. The fraction of sp³-hybridized carbons (Fsp3) is 0.650. The van der Waals surface area contributed by atoms with Crippen LogP contribution in [-0.2, 0) is 4.79 Å². The van der Waals surface area contributed by atoms with Crippen molar-refractivity contribution in [3.05, 3.63) is 30.1 Å². The highest BCUT2D eigenvalue weighted by Gasteiger charge is 2.50. The predicted octanol–water partition coefficient (Wildman–Crippen LogP) is 3.96. The number of benzene rings is 1. The first-order valence-electron chi connectivity index (χ1n) is 9.32. The highest BCUT2D eigenvalue weighted by Crippen LogP contribution is 2.59. The normalized spacial score (nSPS) is 35.0. The van der Waals surface area contributed by atoms with Crippen LogP contribution in [0.3, 0.4) is 0 Å². The van der Waals surface area contributed by atoms with Crippen molar-refractivity contribution in [1.29, 1.82) is 0 Å². The van der Waals surface area contributed by atoms with Crippen LogP contribution >= 0.6 is 0 Å². The fourth-order valence-electron chi connectivity index (χ4n) is 5.77. The molecular weight excluding hydrogens is 303 g/mol. The molecule has 24 heavy (non-hydrogen) atoms. The summed E-state index contributed by atoms with van der Waals surface area (Å²) in [5, 5.41) is 6.14. The van der Waals surface area contributed by atoms with Crippen LogP contribution in [0.2, 0.25) is 0 Å². The third-order valence-corrected chi connectivity index (χ3v) is 6.47. The second-order valence-corrected chi connectivity index (χ2v) is 8.49. The molecular formula is C20H27FN2O. The van der Waals surface area contributed by atoms with E-state index in [0.29, 0.717) is 5.41 Å². The molecule has 1 amide bonds. The number of hydrogen-bond donors (Lipinski definition) is 2. The van der Waals surface area contributed by atoms with Gasteiger partial charge in [0.15, 0.2) is 0 Å². The molecule has 3 nitrogen and oxygen atoms in total. The first-order chi connectivity index (χ1) is 11.5. The highest BCUT2D eigenvalue weighted by atomic mass is 19.1. The van der Waals surface area contributed by atoms with Crippen molar-refractivity contribution in [1.82, 2.24) is 5.32 Å². The molecule has 5 rings (SSSR count). The van der Waals surface area contributed by atoms with Gasteiger partial charge in [0.2, 0.25) is 5.91 Å². The van der Waals surface area contributed by atoms with Gasteiger partial charge in [-0.2, -0.15) is 0 Å². The van der Waals surface area contributed by atoms with E-state index in [4.69, 9.17) is 0 Å². The van der Waals surface area contributed by atoms with Crippen molar-refractivity contribution in [2.75, 3.05) is 11.9 Å². The summed E-state index contributed by atoms with van der Waals surface area (Å²) in [5.41, 5.74) is 0.660. The molecule has 0 spiro atoms. The standard InChI is InChI=1S/C20H27FN2O/c1-13(19(24)23-18-5-3-2-4-17(18)21)22-12-20-9-14-6-15(10-20)8-16(7-14)11-20/h2-5,13-16,22H,6-12H2,1H3,(H,23,24)/t13-,14?,15?,16?,20?/m0/s1. The highest BCUT2D eigenvalue weighted by molar-refractivity contribution is 5.94. The Balaban J connectivity index is 1.34. The molecule has 1 aromatic carbocycles. The number of para-hydroxylation sites is 1. The van der Waals surface area contributed by atoms with E-state index in [0.717, 1.165) is 24.3 Å². The molecule has 0 radical (unpaired) electrons. The van der Waals surface area contributed by atoms with Crippen molar-refractivity contribution < 1.29 is 9.18 Å². The Morgan fingerprint density at radius 2 is 1.75 bits per heavy atom. The topological polar surface area (TPSA) is 41.1 Å². The van der Waals surface area contributed by atoms with Crippen LogP contribution in [-0.4, -0.2) is 18.5 Å². The molecule has 4 heteroatoms. The van der Waals surface area contributed by atoms with Crippen LogP contribution in [0, 0.1) is 29.0 Å². The minimum Gasteiger partial charge on any atom is -0.322 e. The van der Waals surface area contributed by atoms with Gasteiger partial charge in [0.1, 0.15) is 5.82 Å². The van der Waals surface area contributed by atoms with Gasteiger partial charge < -0.3 is 10.6 Å². The maximum atomic E-state index is 13.7. The number of halogens is 1. The zero-order valence-corrected chi connectivity index (χ0v) is 14.4. The van der Waals surface area contributed by atoms with E-state index in [-0.39, 0.29) is 23.5 Å². The van der Waals surface area contributed by atoms with Gasteiger partial charge in [0.05, 0.1) is 11.7 Å². The van der Waals surface area contributed by atoms with Gasteiger partial charge in [-0.1, -0.05) is 12.1 Å². The third kappa shape index (κ3) is 3.08. The van der Waals surface area contributed by atoms with Crippen molar-refractivity contribution in [2.24, 2.45) is 23.2 Å². The Bertz CT molecular complexity index is 595. The maximum Gasteiger partial charge on any atom is 0.241 e. The summed E-state index contributed by atoms with van der Waals surface area (Å²) in [6.07, 6.45) is 8.28. The Morgan fingerprint density at radius 1 is 1.17 bits per heavy atom. The molecule has 4 bridgehead atoms. The smallest absolute Gasteiger partial charge is 0.241 e. The van der Waals surface area contributed by atoms with Crippen molar-refractivity contribution in [3.63, 3.8) is 0 Å². The lowest BCUT2D eigenvalue weighted by Crippen LogP contribution is -2.52. The lowest BCUT2D eigenvalue weighted by atomic mass is 9.49. The van der Waals surface area contributed by atoms with Gasteiger partial charge in [0.25, 0.3) is 0 Å². The molecule has 4 fully saturated rings. The van der Waals surface area contributed by atoms with E-state index in [9.17, 15) is 9.18 Å². The molecule has 0 saturated heterocycles. The van der Waals surface area contributed by atoms with Gasteiger partial charge in [-0.05, 0) is 80.8 Å². The van der Waals surface area contributed by atoms with Crippen LogP contribution in [0.4, 0.5) is 10.1 Å². The SMILES string of the molecule is C[C@H](NCC12CC3CC(CC(C3)C1)C2)C(=O)Nc1ccccc1F. The van der Waals surface area contributed by atoms with Crippen LogP contribution < -0.4 is 10.6 Å². The van der Waals surface area contributed by atoms with E-state index in [2.05, 4.69) is 10.6 Å². The number of carbonyl (C=O) groups is 1. The summed E-state index contributed by atoms with van der Waals surface area (Å²) >= 11 is 0. The summed E-state index contributed by atoms with van der Waals surface area (Å²) in [6, 6.07) is 6.01. The molecule has 2 N–H and O–H groups in total. The zero-order valence-electron chi connectivity index (χ0n) is 14.4. The number of amides is 1. The Morgan fingerprint density at radius 3 is 2.33 bits per heavy atom. The Labute approximate surface area is 143 Å². The van der Waals surface area contributed by atoms with E-state index < -0.39 is 0 Å². The second-order valence-electron chi connectivity index (χ2n) is 8.49. The van der Waals surface area contributed by atoms with E-state index >= 15 is 0 Å². The summed E-state index contributed by atoms with van der Waals surface area (Å²) in [7, 11) is 0. The van der Waals surface area contributed by atoms with E-state index in [1.165, 1.54) is 44.6 Å². The van der Waals surface area contributed by atoms with Gasteiger partial charge >= 0.3 is 0 Å². The lowest BCUT2D eigenvalue weighted by molar-refractivity contribution is -0.118. The van der Waals surface area contributed by atoms with Crippen molar-refractivity contribution in [3.8, 4) is 0 Å². The second kappa shape index (κ2) is 6.14.